The molecular formula is C17H17N3O4S. The van der Waals surface area contributed by atoms with Crippen molar-refractivity contribution in [3.8, 4) is 0 Å². The lowest BCUT2D eigenvalue weighted by atomic mass is 10.0. The quantitative estimate of drug-likeness (QED) is 0.779. The Balaban J connectivity index is 1.79. The van der Waals surface area contributed by atoms with Gasteiger partial charge in [-0.25, -0.2) is 8.42 Å². The number of aryl methyl sites for hydroxylation is 1. The van der Waals surface area contributed by atoms with E-state index in [0.717, 1.165) is 5.56 Å². The van der Waals surface area contributed by atoms with E-state index in [-0.39, 0.29) is 16.7 Å². The Morgan fingerprint density at radius 2 is 1.72 bits per heavy atom. The van der Waals surface area contributed by atoms with Crippen molar-refractivity contribution >= 4 is 38.9 Å². The fourth-order valence-corrected chi connectivity index (χ4v) is 3.63. The fourth-order valence-electron chi connectivity index (χ4n) is 2.58. The molecule has 0 fully saturated rings. The molecule has 1 aliphatic rings. The summed E-state index contributed by atoms with van der Waals surface area (Å²) in [6, 6.07) is 10.9. The topological polar surface area (TPSA) is 104 Å². The Morgan fingerprint density at radius 3 is 2.40 bits per heavy atom. The largest absolute Gasteiger partial charge is 0.326 e. The summed E-state index contributed by atoms with van der Waals surface area (Å²) >= 11 is 0. The molecule has 3 N–H and O–H groups in total. The lowest BCUT2D eigenvalue weighted by molar-refractivity contribution is -0.116. The van der Waals surface area contributed by atoms with Crippen molar-refractivity contribution in [2.75, 3.05) is 15.4 Å². The van der Waals surface area contributed by atoms with E-state index in [1.54, 1.807) is 18.2 Å². The number of amides is 2. The van der Waals surface area contributed by atoms with Gasteiger partial charge in [0, 0.05) is 30.4 Å². The monoisotopic (exact) mass is 359 g/mol. The number of hydrogen-bond acceptors (Lipinski definition) is 4. The summed E-state index contributed by atoms with van der Waals surface area (Å²) in [6.45, 7) is 1.38. The number of anilines is 3. The number of carbonyl (C=O) groups is 2. The number of benzene rings is 2. The minimum Gasteiger partial charge on any atom is -0.326 e. The lowest BCUT2D eigenvalue weighted by Gasteiger charge is -2.18. The predicted octanol–water partition coefficient (Wildman–Crippen LogP) is 2.33. The summed E-state index contributed by atoms with van der Waals surface area (Å²) < 4.78 is 27.5. The average Bonchev–Trinajstić information content (AvgIpc) is 2.54. The Morgan fingerprint density at radius 1 is 1.04 bits per heavy atom. The van der Waals surface area contributed by atoms with Gasteiger partial charge in [-0.1, -0.05) is 0 Å². The second-order valence-electron chi connectivity index (χ2n) is 5.73. The second-order valence-corrected chi connectivity index (χ2v) is 7.41. The molecule has 1 heterocycles. The third kappa shape index (κ3) is 3.97. The number of nitrogens with one attached hydrogen (secondary N) is 3. The van der Waals surface area contributed by atoms with Crippen LogP contribution in [-0.4, -0.2) is 20.2 Å². The maximum Gasteiger partial charge on any atom is 0.261 e. The molecule has 2 aromatic rings. The van der Waals surface area contributed by atoms with Gasteiger partial charge >= 0.3 is 0 Å². The molecule has 8 heteroatoms. The van der Waals surface area contributed by atoms with E-state index in [0.29, 0.717) is 29.9 Å². The average molecular weight is 359 g/mol. The Labute approximate surface area is 145 Å². The zero-order valence-corrected chi connectivity index (χ0v) is 14.3. The van der Waals surface area contributed by atoms with E-state index in [1.807, 2.05) is 0 Å². The molecule has 0 bridgehead atoms. The van der Waals surface area contributed by atoms with Gasteiger partial charge in [0.05, 0.1) is 4.90 Å². The third-order valence-electron chi connectivity index (χ3n) is 3.74. The molecule has 3 rings (SSSR count). The molecule has 1 aliphatic heterocycles. The summed E-state index contributed by atoms with van der Waals surface area (Å²) in [6.07, 6.45) is 0.954. The van der Waals surface area contributed by atoms with Gasteiger partial charge in [-0.15, -0.1) is 0 Å². The Bertz CT molecular complexity index is 937. The zero-order chi connectivity index (χ0) is 18.0. The van der Waals surface area contributed by atoms with Crippen LogP contribution >= 0.6 is 0 Å². The van der Waals surface area contributed by atoms with Crippen LogP contribution in [0.5, 0.6) is 0 Å². The van der Waals surface area contributed by atoms with E-state index in [4.69, 9.17) is 0 Å². The number of hydrogen-bond donors (Lipinski definition) is 3. The highest BCUT2D eigenvalue weighted by atomic mass is 32.2. The van der Waals surface area contributed by atoms with Crippen LogP contribution < -0.4 is 15.4 Å². The molecule has 0 saturated carbocycles. The molecule has 0 aromatic heterocycles. The summed E-state index contributed by atoms with van der Waals surface area (Å²) in [4.78, 5) is 22.5. The number of fused-ring (bicyclic) bond motifs is 1. The van der Waals surface area contributed by atoms with Crippen LogP contribution in [0.25, 0.3) is 0 Å². The number of sulfonamides is 1. The first-order valence-electron chi connectivity index (χ1n) is 7.67. The van der Waals surface area contributed by atoms with Gasteiger partial charge in [-0.05, 0) is 54.4 Å². The van der Waals surface area contributed by atoms with E-state index in [9.17, 15) is 18.0 Å². The summed E-state index contributed by atoms with van der Waals surface area (Å²) in [5.74, 6) is -0.269. The van der Waals surface area contributed by atoms with Gasteiger partial charge < -0.3 is 10.6 Å². The van der Waals surface area contributed by atoms with Gasteiger partial charge in [0.15, 0.2) is 0 Å². The minimum absolute atomic E-state index is 0.0416. The van der Waals surface area contributed by atoms with Crippen molar-refractivity contribution in [2.24, 2.45) is 0 Å². The lowest BCUT2D eigenvalue weighted by Crippen LogP contribution is -2.19. The van der Waals surface area contributed by atoms with Crippen LogP contribution in [0.3, 0.4) is 0 Å². The van der Waals surface area contributed by atoms with Crippen LogP contribution in [-0.2, 0) is 26.0 Å². The van der Waals surface area contributed by atoms with Crippen molar-refractivity contribution in [3.63, 3.8) is 0 Å². The van der Waals surface area contributed by atoms with Crippen molar-refractivity contribution in [1.29, 1.82) is 0 Å². The smallest absolute Gasteiger partial charge is 0.261 e. The van der Waals surface area contributed by atoms with Crippen LogP contribution in [0.4, 0.5) is 17.1 Å². The van der Waals surface area contributed by atoms with Gasteiger partial charge in [0.25, 0.3) is 10.0 Å². The molecule has 130 valence electrons. The Kier molecular flexibility index (Phi) is 4.45. The van der Waals surface area contributed by atoms with Crippen molar-refractivity contribution < 1.29 is 18.0 Å². The van der Waals surface area contributed by atoms with E-state index < -0.39 is 10.0 Å². The van der Waals surface area contributed by atoms with Crippen molar-refractivity contribution in [1.82, 2.24) is 0 Å². The maximum absolute atomic E-state index is 12.5. The predicted molar refractivity (Wildman–Crippen MR) is 94.9 cm³/mol. The van der Waals surface area contributed by atoms with E-state index in [1.165, 1.54) is 31.2 Å². The first-order valence-corrected chi connectivity index (χ1v) is 9.15. The zero-order valence-electron chi connectivity index (χ0n) is 13.5. The molecule has 25 heavy (non-hydrogen) atoms. The summed E-state index contributed by atoms with van der Waals surface area (Å²) in [5, 5.41) is 5.33. The first-order chi connectivity index (χ1) is 11.8. The van der Waals surface area contributed by atoms with Gasteiger partial charge in [0.2, 0.25) is 11.8 Å². The molecule has 0 spiro atoms. The highest BCUT2D eigenvalue weighted by molar-refractivity contribution is 7.92. The molecule has 2 aromatic carbocycles. The second kappa shape index (κ2) is 6.56. The van der Waals surface area contributed by atoms with Crippen molar-refractivity contribution in [3.05, 3.63) is 48.0 Å². The maximum atomic E-state index is 12.5. The number of rotatable bonds is 4. The van der Waals surface area contributed by atoms with Gasteiger partial charge in [0.1, 0.15) is 0 Å². The molecular weight excluding hydrogens is 342 g/mol. The van der Waals surface area contributed by atoms with Crippen LogP contribution in [0, 0.1) is 0 Å². The Hall–Kier alpha value is -2.87. The molecule has 0 aliphatic carbocycles. The first kappa shape index (κ1) is 17.0. The molecule has 0 radical (unpaired) electrons. The summed E-state index contributed by atoms with van der Waals surface area (Å²) in [7, 11) is -3.75. The number of carbonyl (C=O) groups excluding carboxylic acids is 2. The van der Waals surface area contributed by atoms with Crippen molar-refractivity contribution in [2.45, 2.75) is 24.7 Å². The molecule has 7 nitrogen and oxygen atoms in total. The van der Waals surface area contributed by atoms with Crippen LogP contribution in [0.2, 0.25) is 0 Å². The SMILES string of the molecule is CC(=O)Nc1ccc(S(=O)(=O)Nc2ccc3c(c2)CCC(=O)N3)cc1. The molecule has 0 saturated heterocycles. The van der Waals surface area contributed by atoms with E-state index >= 15 is 0 Å². The standard InChI is InChI=1S/C17H17N3O4S/c1-11(21)18-13-3-6-15(7-4-13)25(23,24)20-14-5-8-16-12(10-14)2-9-17(22)19-16/h3-8,10,20H,2,9H2,1H3,(H,18,21)(H,19,22). The molecule has 2 amide bonds. The molecule has 0 unspecified atom stereocenters. The summed E-state index contributed by atoms with van der Waals surface area (Å²) in [5.41, 5.74) is 2.55. The van der Waals surface area contributed by atoms with Gasteiger partial charge in [-0.2, -0.15) is 0 Å². The highest BCUT2D eigenvalue weighted by Gasteiger charge is 2.18. The molecule has 0 atom stereocenters. The highest BCUT2D eigenvalue weighted by Crippen LogP contribution is 2.27. The van der Waals surface area contributed by atoms with Crippen LogP contribution in [0.1, 0.15) is 18.9 Å². The van der Waals surface area contributed by atoms with E-state index in [2.05, 4.69) is 15.4 Å². The fraction of sp³-hybridized carbons (Fsp3) is 0.176. The van der Waals surface area contributed by atoms with Gasteiger partial charge in [-0.3, -0.25) is 14.3 Å². The van der Waals surface area contributed by atoms with Crippen LogP contribution in [0.15, 0.2) is 47.4 Å². The third-order valence-corrected chi connectivity index (χ3v) is 5.14. The minimum atomic E-state index is -3.75. The normalized spacial score (nSPS) is 13.6.